The van der Waals surface area contributed by atoms with Crippen LogP contribution in [-0.2, 0) is 0 Å². The molecule has 6 nitrogen and oxygen atoms in total. The number of rotatable bonds is 5. The van der Waals surface area contributed by atoms with Crippen LogP contribution in [0.15, 0.2) is 18.2 Å². The minimum Gasteiger partial charge on any atom is -0.493 e. The number of piperazine rings is 1. The maximum Gasteiger partial charge on any atom is 0.254 e. The summed E-state index contributed by atoms with van der Waals surface area (Å²) in [5.41, 5.74) is 0.596. The summed E-state index contributed by atoms with van der Waals surface area (Å²) in [5.74, 6) is 1.16. The maximum atomic E-state index is 12.8. The van der Waals surface area contributed by atoms with Crippen molar-refractivity contribution < 1.29 is 19.4 Å². The third kappa shape index (κ3) is 4.14. The lowest BCUT2D eigenvalue weighted by Crippen LogP contribution is -2.55. The fourth-order valence-electron chi connectivity index (χ4n) is 3.01. The van der Waals surface area contributed by atoms with Crippen LogP contribution in [0.3, 0.4) is 0 Å². The Bertz CT molecular complexity index is 547. The second-order valence-electron chi connectivity index (χ2n) is 6.03. The van der Waals surface area contributed by atoms with Gasteiger partial charge in [-0.1, -0.05) is 0 Å². The van der Waals surface area contributed by atoms with Crippen molar-refractivity contribution in [3.8, 4) is 11.5 Å². The average Bonchev–Trinajstić information content (AvgIpc) is 2.53. The van der Waals surface area contributed by atoms with E-state index in [1.165, 1.54) is 0 Å². The van der Waals surface area contributed by atoms with Gasteiger partial charge < -0.3 is 19.5 Å². The maximum absolute atomic E-state index is 12.8. The van der Waals surface area contributed by atoms with Gasteiger partial charge >= 0.3 is 0 Å². The highest BCUT2D eigenvalue weighted by molar-refractivity contribution is 5.95. The van der Waals surface area contributed by atoms with Crippen LogP contribution in [0.25, 0.3) is 0 Å². The molecular formula is C17H26N2O4. The molecule has 6 heteroatoms. The lowest BCUT2D eigenvalue weighted by molar-refractivity contribution is 0.0382. The predicted octanol–water partition coefficient (Wildman–Crippen LogP) is 1.23. The molecule has 23 heavy (non-hydrogen) atoms. The monoisotopic (exact) mass is 322 g/mol. The van der Waals surface area contributed by atoms with Gasteiger partial charge in [0.15, 0.2) is 11.5 Å². The fourth-order valence-corrected chi connectivity index (χ4v) is 3.01. The van der Waals surface area contributed by atoms with E-state index in [1.807, 2.05) is 11.8 Å². The number of nitrogens with zero attached hydrogens (tertiary/aromatic N) is 2. The van der Waals surface area contributed by atoms with Gasteiger partial charge in [-0.2, -0.15) is 0 Å². The highest BCUT2D eigenvalue weighted by Crippen LogP contribution is 2.28. The Morgan fingerprint density at radius 2 is 2.00 bits per heavy atom. The topological polar surface area (TPSA) is 62.2 Å². The van der Waals surface area contributed by atoms with Gasteiger partial charge in [0.25, 0.3) is 5.91 Å². The first-order valence-corrected chi connectivity index (χ1v) is 7.89. The number of amides is 1. The molecule has 0 aliphatic carbocycles. The Morgan fingerprint density at radius 3 is 2.57 bits per heavy atom. The van der Waals surface area contributed by atoms with Crippen molar-refractivity contribution in [2.45, 2.75) is 26.0 Å². The number of ether oxygens (including phenoxy) is 2. The first-order valence-electron chi connectivity index (χ1n) is 7.89. The number of aliphatic hydroxyl groups is 1. The first-order chi connectivity index (χ1) is 11.0. The predicted molar refractivity (Wildman–Crippen MR) is 88.2 cm³/mol. The van der Waals surface area contributed by atoms with Gasteiger partial charge in [0.05, 0.1) is 20.3 Å². The van der Waals surface area contributed by atoms with Crippen LogP contribution in [0.2, 0.25) is 0 Å². The number of benzene rings is 1. The Morgan fingerprint density at radius 1 is 1.30 bits per heavy atom. The van der Waals surface area contributed by atoms with Gasteiger partial charge in [-0.25, -0.2) is 0 Å². The Hall–Kier alpha value is -1.79. The number of hydrogen-bond donors (Lipinski definition) is 1. The molecule has 1 saturated heterocycles. The van der Waals surface area contributed by atoms with Crippen LogP contribution in [-0.4, -0.2) is 73.4 Å². The highest BCUT2D eigenvalue weighted by atomic mass is 16.5. The quantitative estimate of drug-likeness (QED) is 0.883. The van der Waals surface area contributed by atoms with Gasteiger partial charge in [-0.3, -0.25) is 9.69 Å². The zero-order chi connectivity index (χ0) is 17.0. The summed E-state index contributed by atoms with van der Waals surface area (Å²) < 4.78 is 10.5. The van der Waals surface area contributed by atoms with E-state index in [9.17, 15) is 9.90 Å². The van der Waals surface area contributed by atoms with E-state index in [4.69, 9.17) is 9.47 Å². The van der Waals surface area contributed by atoms with E-state index in [-0.39, 0.29) is 18.1 Å². The van der Waals surface area contributed by atoms with Gasteiger partial charge in [0.2, 0.25) is 0 Å². The highest BCUT2D eigenvalue weighted by Gasteiger charge is 2.28. The van der Waals surface area contributed by atoms with Gasteiger partial charge in [0, 0.05) is 37.8 Å². The van der Waals surface area contributed by atoms with Crippen molar-refractivity contribution in [1.29, 1.82) is 0 Å². The molecule has 128 valence electrons. The van der Waals surface area contributed by atoms with Crippen LogP contribution < -0.4 is 9.47 Å². The van der Waals surface area contributed by atoms with Crippen molar-refractivity contribution in [2.75, 3.05) is 40.4 Å². The zero-order valence-electron chi connectivity index (χ0n) is 14.3. The van der Waals surface area contributed by atoms with Crippen LogP contribution in [0.1, 0.15) is 24.2 Å². The van der Waals surface area contributed by atoms with Crippen LogP contribution in [0, 0.1) is 0 Å². The normalized spacial score (nSPS) is 20.2. The number of aliphatic hydroxyl groups excluding tert-OH is 1. The summed E-state index contributed by atoms with van der Waals surface area (Å²) in [6.45, 7) is 6.65. The van der Waals surface area contributed by atoms with E-state index >= 15 is 0 Å². The molecular weight excluding hydrogens is 296 g/mol. The van der Waals surface area contributed by atoms with Crippen molar-refractivity contribution >= 4 is 5.91 Å². The van der Waals surface area contributed by atoms with Crippen LogP contribution in [0.4, 0.5) is 0 Å². The summed E-state index contributed by atoms with van der Waals surface area (Å²) in [4.78, 5) is 16.8. The van der Waals surface area contributed by atoms with Crippen molar-refractivity contribution in [2.24, 2.45) is 0 Å². The Kier molecular flexibility index (Phi) is 5.85. The molecule has 0 aromatic heterocycles. The molecule has 2 atom stereocenters. The van der Waals surface area contributed by atoms with Gasteiger partial charge in [-0.05, 0) is 32.0 Å². The molecule has 1 aromatic rings. The third-order valence-corrected chi connectivity index (χ3v) is 4.13. The molecule has 1 aliphatic rings. The summed E-state index contributed by atoms with van der Waals surface area (Å²) in [6, 6.07) is 5.33. The molecule has 0 spiro atoms. The minimum atomic E-state index is -0.352. The summed E-state index contributed by atoms with van der Waals surface area (Å²) in [5, 5.41) is 9.50. The third-order valence-electron chi connectivity index (χ3n) is 4.13. The molecule has 1 fully saturated rings. The van der Waals surface area contributed by atoms with Gasteiger partial charge in [-0.15, -0.1) is 0 Å². The second-order valence-corrected chi connectivity index (χ2v) is 6.03. The Balaban J connectivity index is 2.09. The fraction of sp³-hybridized carbons (Fsp3) is 0.588. The van der Waals surface area contributed by atoms with Gasteiger partial charge in [0.1, 0.15) is 0 Å². The lowest BCUT2D eigenvalue weighted by Gasteiger charge is -2.40. The molecule has 0 radical (unpaired) electrons. The zero-order valence-corrected chi connectivity index (χ0v) is 14.3. The minimum absolute atomic E-state index is 0.00449. The largest absolute Gasteiger partial charge is 0.493 e. The van der Waals surface area contributed by atoms with Crippen molar-refractivity contribution in [1.82, 2.24) is 9.80 Å². The molecule has 1 N–H and O–H groups in total. The first kappa shape index (κ1) is 17.6. The van der Waals surface area contributed by atoms with E-state index in [0.29, 0.717) is 30.2 Å². The second kappa shape index (κ2) is 7.66. The average molecular weight is 322 g/mol. The van der Waals surface area contributed by atoms with Crippen molar-refractivity contribution in [3.63, 3.8) is 0 Å². The number of hydrogen-bond acceptors (Lipinski definition) is 5. The smallest absolute Gasteiger partial charge is 0.254 e. The van der Waals surface area contributed by atoms with Crippen LogP contribution in [0.5, 0.6) is 11.5 Å². The van der Waals surface area contributed by atoms with E-state index in [0.717, 1.165) is 13.1 Å². The summed E-state index contributed by atoms with van der Waals surface area (Å²) >= 11 is 0. The number of carbonyl (C=O) groups excluding carboxylic acids is 1. The van der Waals surface area contributed by atoms with Crippen LogP contribution >= 0.6 is 0 Å². The Labute approximate surface area is 137 Å². The number of β-amino-alcohol motifs (C(OH)–C–C–N with tert-alkyl or cyclic N) is 1. The summed E-state index contributed by atoms with van der Waals surface area (Å²) in [6.07, 6.45) is -0.352. The molecule has 1 aliphatic heterocycles. The summed E-state index contributed by atoms with van der Waals surface area (Å²) in [7, 11) is 3.13. The van der Waals surface area contributed by atoms with E-state index in [2.05, 4.69) is 4.90 Å². The number of carbonyl (C=O) groups is 1. The standard InChI is InChI=1S/C17H26N2O4/c1-12-10-18(11-13(2)20)7-8-19(12)17(21)14-5-6-15(22-3)16(9-14)23-4/h5-6,9,12-13,20H,7-8,10-11H2,1-4H3/t12-,13-/m0/s1. The number of methoxy groups -OCH3 is 2. The van der Waals surface area contributed by atoms with Crippen molar-refractivity contribution in [3.05, 3.63) is 23.8 Å². The lowest BCUT2D eigenvalue weighted by atomic mass is 10.1. The molecule has 0 saturated carbocycles. The van der Waals surface area contributed by atoms with E-state index in [1.54, 1.807) is 39.3 Å². The molecule has 0 unspecified atom stereocenters. The molecule has 1 heterocycles. The molecule has 2 rings (SSSR count). The molecule has 1 amide bonds. The van der Waals surface area contributed by atoms with E-state index < -0.39 is 0 Å². The molecule has 0 bridgehead atoms. The SMILES string of the molecule is COc1ccc(C(=O)N2CCN(C[C@H](C)O)C[C@@H]2C)cc1OC. The molecule has 1 aromatic carbocycles.